The summed E-state index contributed by atoms with van der Waals surface area (Å²) in [6, 6.07) is 7.36. The first kappa shape index (κ1) is 20.7. The zero-order valence-electron chi connectivity index (χ0n) is 18.6. The van der Waals surface area contributed by atoms with Crippen LogP contribution in [0.15, 0.2) is 24.3 Å². The summed E-state index contributed by atoms with van der Waals surface area (Å²) in [6.07, 6.45) is 8.18. The van der Waals surface area contributed by atoms with Crippen LogP contribution in [0.25, 0.3) is 0 Å². The summed E-state index contributed by atoms with van der Waals surface area (Å²) in [5, 5.41) is 0. The van der Waals surface area contributed by atoms with E-state index in [4.69, 9.17) is 9.47 Å². The predicted molar refractivity (Wildman–Crippen MR) is 117 cm³/mol. The number of hydrogen-bond donors (Lipinski definition) is 0. The van der Waals surface area contributed by atoms with Gasteiger partial charge in [-0.15, -0.1) is 0 Å². The van der Waals surface area contributed by atoms with Crippen molar-refractivity contribution >= 4 is 11.8 Å². The number of ether oxygens (including phenoxy) is 2. The molecule has 0 radical (unpaired) electrons. The standard InChI is InChI=1S/C25H34N2O4/c1-30-21-5-2-3-6-22(21)31-17-23(28)26-7-4-8-27(10-9-26)24(29)25-14-18-11-19(15-25)13-20(12-18)16-25/h2-3,5-6,18-20H,4,7-17H2,1H3. The molecule has 0 aromatic heterocycles. The third-order valence-corrected chi connectivity index (χ3v) is 8.05. The Kier molecular flexibility index (Phi) is 5.57. The normalized spacial score (nSPS) is 32.0. The van der Waals surface area contributed by atoms with Gasteiger partial charge in [-0.2, -0.15) is 0 Å². The molecule has 2 amide bonds. The van der Waals surface area contributed by atoms with Gasteiger partial charge in [-0.3, -0.25) is 9.59 Å². The van der Waals surface area contributed by atoms with Crippen molar-refractivity contribution in [3.05, 3.63) is 24.3 Å². The van der Waals surface area contributed by atoms with Crippen LogP contribution in [0.2, 0.25) is 0 Å². The number of carbonyl (C=O) groups excluding carboxylic acids is 2. The van der Waals surface area contributed by atoms with Crippen molar-refractivity contribution in [1.29, 1.82) is 0 Å². The molecule has 1 aliphatic heterocycles. The molecule has 31 heavy (non-hydrogen) atoms. The molecule has 4 saturated carbocycles. The smallest absolute Gasteiger partial charge is 0.260 e. The van der Waals surface area contributed by atoms with Crippen molar-refractivity contribution in [2.75, 3.05) is 39.9 Å². The van der Waals surface area contributed by atoms with Crippen LogP contribution in [-0.2, 0) is 9.59 Å². The Balaban J connectivity index is 1.18. The van der Waals surface area contributed by atoms with Crippen molar-refractivity contribution in [1.82, 2.24) is 9.80 Å². The first-order valence-corrected chi connectivity index (χ1v) is 11.9. The highest BCUT2D eigenvalue weighted by Crippen LogP contribution is 2.60. The SMILES string of the molecule is COc1ccccc1OCC(=O)N1CCCN(C(=O)C23CC4CC(CC(C4)C2)C3)CC1. The van der Waals surface area contributed by atoms with E-state index in [0.717, 1.165) is 50.0 Å². The lowest BCUT2D eigenvalue weighted by molar-refractivity contribution is -0.157. The minimum Gasteiger partial charge on any atom is -0.493 e. The van der Waals surface area contributed by atoms with E-state index >= 15 is 0 Å². The molecule has 6 nitrogen and oxygen atoms in total. The van der Waals surface area contributed by atoms with Crippen LogP contribution >= 0.6 is 0 Å². The molecular weight excluding hydrogens is 392 g/mol. The second-order valence-electron chi connectivity index (χ2n) is 10.2. The molecule has 5 fully saturated rings. The van der Waals surface area contributed by atoms with Crippen LogP contribution in [0.5, 0.6) is 11.5 Å². The van der Waals surface area contributed by atoms with Gasteiger partial charge in [0.15, 0.2) is 18.1 Å². The molecule has 0 spiro atoms. The van der Waals surface area contributed by atoms with Crippen molar-refractivity contribution in [3.63, 3.8) is 0 Å². The Morgan fingerprint density at radius 1 is 0.903 bits per heavy atom. The van der Waals surface area contributed by atoms with Gasteiger partial charge in [0.2, 0.25) is 5.91 Å². The quantitative estimate of drug-likeness (QED) is 0.725. The van der Waals surface area contributed by atoms with Gasteiger partial charge in [-0.1, -0.05) is 12.1 Å². The molecule has 1 saturated heterocycles. The van der Waals surface area contributed by atoms with Gasteiger partial charge in [0.1, 0.15) is 0 Å². The Bertz CT molecular complexity index is 803. The number of methoxy groups -OCH3 is 1. The maximum Gasteiger partial charge on any atom is 0.260 e. The largest absolute Gasteiger partial charge is 0.493 e. The van der Waals surface area contributed by atoms with Crippen molar-refractivity contribution in [2.24, 2.45) is 23.2 Å². The van der Waals surface area contributed by atoms with E-state index in [2.05, 4.69) is 4.90 Å². The van der Waals surface area contributed by atoms with E-state index in [0.29, 0.717) is 37.0 Å². The van der Waals surface area contributed by atoms with Crippen molar-refractivity contribution in [2.45, 2.75) is 44.9 Å². The topological polar surface area (TPSA) is 59.1 Å². The van der Waals surface area contributed by atoms with Crippen LogP contribution in [-0.4, -0.2) is 61.5 Å². The number of rotatable bonds is 5. The number of benzene rings is 1. The second kappa shape index (κ2) is 8.36. The predicted octanol–water partition coefficient (Wildman–Crippen LogP) is 3.35. The summed E-state index contributed by atoms with van der Waals surface area (Å²) in [7, 11) is 1.59. The second-order valence-corrected chi connectivity index (χ2v) is 10.2. The Labute approximate surface area is 184 Å². The molecular formula is C25H34N2O4. The molecule has 5 aliphatic rings. The van der Waals surface area contributed by atoms with Gasteiger partial charge in [-0.05, 0) is 74.8 Å². The van der Waals surface area contributed by atoms with Crippen LogP contribution in [0.3, 0.4) is 0 Å². The molecule has 6 rings (SSSR count). The minimum atomic E-state index is -0.0963. The van der Waals surface area contributed by atoms with Gasteiger partial charge >= 0.3 is 0 Å². The lowest BCUT2D eigenvalue weighted by Crippen LogP contribution is -2.55. The highest BCUT2D eigenvalue weighted by atomic mass is 16.5. The minimum absolute atomic E-state index is 0.0106. The lowest BCUT2D eigenvalue weighted by atomic mass is 9.49. The summed E-state index contributed by atoms with van der Waals surface area (Å²) in [5.41, 5.74) is -0.0963. The fraction of sp³-hybridized carbons (Fsp3) is 0.680. The van der Waals surface area contributed by atoms with Crippen LogP contribution in [0.4, 0.5) is 0 Å². The molecule has 4 aliphatic carbocycles. The summed E-state index contributed by atoms with van der Waals surface area (Å²) in [4.78, 5) is 30.3. The third kappa shape index (κ3) is 4.01. The van der Waals surface area contributed by atoms with Crippen LogP contribution < -0.4 is 9.47 Å². The van der Waals surface area contributed by atoms with E-state index in [9.17, 15) is 9.59 Å². The highest BCUT2D eigenvalue weighted by Gasteiger charge is 2.55. The highest BCUT2D eigenvalue weighted by molar-refractivity contribution is 5.83. The summed E-state index contributed by atoms with van der Waals surface area (Å²) in [5.74, 6) is 3.86. The zero-order valence-corrected chi connectivity index (χ0v) is 18.6. The molecule has 4 bridgehead atoms. The van der Waals surface area contributed by atoms with E-state index in [1.54, 1.807) is 13.2 Å². The molecule has 6 heteroatoms. The first-order valence-electron chi connectivity index (χ1n) is 11.9. The molecule has 0 unspecified atom stereocenters. The summed E-state index contributed by atoms with van der Waals surface area (Å²) >= 11 is 0. The molecule has 0 atom stereocenters. The number of carbonyl (C=O) groups is 2. The maximum absolute atomic E-state index is 13.6. The van der Waals surface area contributed by atoms with E-state index in [-0.39, 0.29) is 17.9 Å². The summed E-state index contributed by atoms with van der Waals surface area (Å²) < 4.78 is 11.0. The number of hydrogen-bond acceptors (Lipinski definition) is 4. The Morgan fingerprint density at radius 2 is 1.48 bits per heavy atom. The third-order valence-electron chi connectivity index (χ3n) is 8.05. The number of nitrogens with zero attached hydrogens (tertiary/aromatic N) is 2. The lowest BCUT2D eigenvalue weighted by Gasteiger charge is -2.56. The maximum atomic E-state index is 13.6. The average Bonchev–Trinajstić information content (AvgIpc) is 3.02. The number of para-hydroxylation sites is 2. The van der Waals surface area contributed by atoms with Gasteiger partial charge in [0, 0.05) is 26.2 Å². The van der Waals surface area contributed by atoms with E-state index < -0.39 is 0 Å². The Hall–Kier alpha value is -2.24. The van der Waals surface area contributed by atoms with Gasteiger partial charge in [0.05, 0.1) is 12.5 Å². The van der Waals surface area contributed by atoms with Gasteiger partial charge in [0.25, 0.3) is 5.91 Å². The number of amides is 2. The van der Waals surface area contributed by atoms with Gasteiger partial charge in [-0.25, -0.2) is 0 Å². The Morgan fingerprint density at radius 3 is 2.13 bits per heavy atom. The fourth-order valence-corrected chi connectivity index (χ4v) is 7.05. The van der Waals surface area contributed by atoms with Crippen molar-refractivity contribution in [3.8, 4) is 11.5 Å². The molecule has 1 aromatic rings. The van der Waals surface area contributed by atoms with Crippen LogP contribution in [0.1, 0.15) is 44.9 Å². The molecule has 0 N–H and O–H groups in total. The molecule has 1 aromatic carbocycles. The first-order chi connectivity index (χ1) is 15.1. The van der Waals surface area contributed by atoms with Crippen molar-refractivity contribution < 1.29 is 19.1 Å². The molecule has 168 valence electrons. The van der Waals surface area contributed by atoms with Gasteiger partial charge < -0.3 is 19.3 Å². The average molecular weight is 427 g/mol. The summed E-state index contributed by atoms with van der Waals surface area (Å²) in [6.45, 7) is 2.66. The van der Waals surface area contributed by atoms with E-state index in [1.165, 1.54) is 19.3 Å². The van der Waals surface area contributed by atoms with Crippen LogP contribution in [0, 0.1) is 23.2 Å². The monoisotopic (exact) mass is 426 g/mol. The zero-order chi connectivity index (χ0) is 21.4. The molecule has 1 heterocycles. The fourth-order valence-electron chi connectivity index (χ4n) is 7.05. The van der Waals surface area contributed by atoms with E-state index in [1.807, 2.05) is 23.1 Å².